The maximum Gasteiger partial charge on any atom is 0.0226 e. The van der Waals surface area contributed by atoms with Gasteiger partial charge in [0.25, 0.3) is 0 Å². The molecule has 2 N–H and O–H groups in total. The third-order valence-electron chi connectivity index (χ3n) is 6.21. The van der Waals surface area contributed by atoms with Gasteiger partial charge in [0.1, 0.15) is 0 Å². The second kappa shape index (κ2) is 8.68. The summed E-state index contributed by atoms with van der Waals surface area (Å²) in [6.45, 7) is 17.6. The summed E-state index contributed by atoms with van der Waals surface area (Å²) in [5.74, 6) is 0.539. The Bertz CT molecular complexity index is 459. The van der Waals surface area contributed by atoms with Gasteiger partial charge in [0.05, 0.1) is 0 Å². The molecular weight excluding hydrogens is 278 g/mol. The molecule has 0 fully saturated rings. The SMILES string of the molecule is C=CC(N)CC(C)(CC)CCC(C)(CC)C1CC=CC=CC1=C. The van der Waals surface area contributed by atoms with Gasteiger partial charge in [0.15, 0.2) is 0 Å². The Morgan fingerprint density at radius 3 is 2.52 bits per heavy atom. The molecule has 0 aromatic rings. The zero-order chi connectivity index (χ0) is 17.5. The van der Waals surface area contributed by atoms with Crippen LogP contribution in [0.25, 0.3) is 0 Å². The summed E-state index contributed by atoms with van der Waals surface area (Å²) in [7, 11) is 0. The average Bonchev–Trinajstić information content (AvgIpc) is 2.77. The van der Waals surface area contributed by atoms with Crippen LogP contribution in [-0.4, -0.2) is 6.04 Å². The molecular formula is C22H37N. The van der Waals surface area contributed by atoms with E-state index in [1.807, 2.05) is 6.08 Å². The summed E-state index contributed by atoms with van der Waals surface area (Å²) in [6.07, 6.45) is 17.6. The van der Waals surface area contributed by atoms with E-state index in [1.54, 1.807) is 0 Å². The fraction of sp³-hybridized carbons (Fsp3) is 0.636. The molecule has 130 valence electrons. The van der Waals surface area contributed by atoms with E-state index in [2.05, 4.69) is 65.2 Å². The lowest BCUT2D eigenvalue weighted by Crippen LogP contribution is -2.32. The van der Waals surface area contributed by atoms with Crippen LogP contribution in [0.1, 0.15) is 66.2 Å². The highest BCUT2D eigenvalue weighted by molar-refractivity contribution is 5.27. The smallest absolute Gasteiger partial charge is 0.0226 e. The van der Waals surface area contributed by atoms with Crippen LogP contribution in [0.4, 0.5) is 0 Å². The minimum Gasteiger partial charge on any atom is -0.324 e. The van der Waals surface area contributed by atoms with Crippen LogP contribution in [0.15, 0.2) is 49.1 Å². The monoisotopic (exact) mass is 315 g/mol. The zero-order valence-corrected chi connectivity index (χ0v) is 15.8. The lowest BCUT2D eigenvalue weighted by Gasteiger charge is -2.41. The van der Waals surface area contributed by atoms with E-state index in [0.29, 0.717) is 16.7 Å². The number of rotatable bonds is 9. The summed E-state index contributed by atoms with van der Waals surface area (Å²) in [5.41, 5.74) is 8.01. The topological polar surface area (TPSA) is 26.0 Å². The van der Waals surface area contributed by atoms with Gasteiger partial charge in [-0.05, 0) is 42.4 Å². The second-order valence-corrected chi connectivity index (χ2v) is 7.93. The molecule has 1 aliphatic rings. The summed E-state index contributed by atoms with van der Waals surface area (Å²) in [6, 6.07) is 0.103. The van der Waals surface area contributed by atoms with Crippen LogP contribution >= 0.6 is 0 Å². The van der Waals surface area contributed by atoms with E-state index in [4.69, 9.17) is 5.73 Å². The first-order valence-corrected chi connectivity index (χ1v) is 9.20. The Kier molecular flexibility index (Phi) is 7.54. The van der Waals surface area contributed by atoms with Gasteiger partial charge >= 0.3 is 0 Å². The Labute approximate surface area is 144 Å². The fourth-order valence-corrected chi connectivity index (χ4v) is 3.73. The van der Waals surface area contributed by atoms with Gasteiger partial charge in [-0.2, -0.15) is 0 Å². The normalized spacial score (nSPS) is 24.6. The predicted octanol–water partition coefficient (Wildman–Crippen LogP) is 6.19. The minimum atomic E-state index is 0.103. The molecule has 0 saturated heterocycles. The molecule has 1 rings (SSSR count). The van der Waals surface area contributed by atoms with Crippen molar-refractivity contribution in [3.05, 3.63) is 49.1 Å². The van der Waals surface area contributed by atoms with Crippen LogP contribution in [0, 0.1) is 16.7 Å². The van der Waals surface area contributed by atoms with E-state index in [0.717, 1.165) is 12.8 Å². The molecule has 1 nitrogen and oxygen atoms in total. The highest BCUT2D eigenvalue weighted by Gasteiger charge is 2.35. The van der Waals surface area contributed by atoms with Crippen molar-refractivity contribution in [1.82, 2.24) is 0 Å². The van der Waals surface area contributed by atoms with Gasteiger partial charge in [0, 0.05) is 6.04 Å². The van der Waals surface area contributed by atoms with Gasteiger partial charge in [-0.1, -0.05) is 83.1 Å². The van der Waals surface area contributed by atoms with Crippen LogP contribution < -0.4 is 5.73 Å². The zero-order valence-electron chi connectivity index (χ0n) is 15.8. The quantitative estimate of drug-likeness (QED) is 0.504. The summed E-state index contributed by atoms with van der Waals surface area (Å²) >= 11 is 0. The van der Waals surface area contributed by atoms with E-state index < -0.39 is 0 Å². The second-order valence-electron chi connectivity index (χ2n) is 7.93. The molecule has 0 bridgehead atoms. The summed E-state index contributed by atoms with van der Waals surface area (Å²) in [5, 5.41) is 0. The Hall–Kier alpha value is -1.08. The lowest BCUT2D eigenvalue weighted by molar-refractivity contribution is 0.139. The van der Waals surface area contributed by atoms with Crippen LogP contribution in [-0.2, 0) is 0 Å². The molecule has 0 radical (unpaired) electrons. The van der Waals surface area contributed by atoms with Gasteiger partial charge in [0.2, 0.25) is 0 Å². The van der Waals surface area contributed by atoms with Crippen LogP contribution in [0.2, 0.25) is 0 Å². The van der Waals surface area contributed by atoms with Gasteiger partial charge < -0.3 is 5.73 Å². The van der Waals surface area contributed by atoms with Gasteiger partial charge in [-0.15, -0.1) is 6.58 Å². The molecule has 0 aliphatic heterocycles. The Morgan fingerprint density at radius 1 is 1.26 bits per heavy atom. The van der Waals surface area contributed by atoms with Crippen molar-refractivity contribution in [1.29, 1.82) is 0 Å². The molecule has 4 unspecified atom stereocenters. The summed E-state index contributed by atoms with van der Waals surface area (Å²) in [4.78, 5) is 0. The largest absolute Gasteiger partial charge is 0.324 e. The van der Waals surface area contributed by atoms with Crippen molar-refractivity contribution in [2.75, 3.05) is 0 Å². The fourth-order valence-electron chi connectivity index (χ4n) is 3.73. The number of hydrogen-bond acceptors (Lipinski definition) is 1. The maximum atomic E-state index is 6.14. The standard InChI is InChI=1S/C22H37N/c1-7-19(23)17-21(5,8-2)15-16-22(6,9-3)20-14-12-10-11-13-18(20)4/h7,10-13,19-20H,1,4,8-9,14-17,23H2,2-3,5-6H3. The Balaban J connectivity index is 2.84. The molecule has 4 atom stereocenters. The van der Waals surface area contributed by atoms with Crippen molar-refractivity contribution in [3.63, 3.8) is 0 Å². The number of nitrogens with two attached hydrogens (primary N) is 1. The average molecular weight is 316 g/mol. The molecule has 0 amide bonds. The molecule has 0 aromatic heterocycles. The van der Waals surface area contributed by atoms with E-state index in [1.165, 1.54) is 31.3 Å². The number of hydrogen-bond donors (Lipinski definition) is 1. The molecule has 23 heavy (non-hydrogen) atoms. The molecule has 0 aromatic carbocycles. The van der Waals surface area contributed by atoms with Gasteiger partial charge in [-0.3, -0.25) is 0 Å². The predicted molar refractivity (Wildman–Crippen MR) is 104 cm³/mol. The molecule has 0 saturated carbocycles. The molecule has 0 heterocycles. The lowest BCUT2D eigenvalue weighted by atomic mass is 9.64. The molecule has 1 aliphatic carbocycles. The van der Waals surface area contributed by atoms with Crippen molar-refractivity contribution < 1.29 is 0 Å². The van der Waals surface area contributed by atoms with E-state index in [9.17, 15) is 0 Å². The van der Waals surface area contributed by atoms with Gasteiger partial charge in [-0.25, -0.2) is 0 Å². The molecule has 0 spiro atoms. The van der Waals surface area contributed by atoms with E-state index >= 15 is 0 Å². The first-order valence-electron chi connectivity index (χ1n) is 9.20. The number of allylic oxidation sites excluding steroid dienone is 5. The summed E-state index contributed by atoms with van der Waals surface area (Å²) < 4.78 is 0. The van der Waals surface area contributed by atoms with Crippen molar-refractivity contribution in [2.24, 2.45) is 22.5 Å². The minimum absolute atomic E-state index is 0.103. The van der Waals surface area contributed by atoms with Crippen LogP contribution in [0.3, 0.4) is 0 Å². The van der Waals surface area contributed by atoms with E-state index in [-0.39, 0.29) is 6.04 Å². The maximum absolute atomic E-state index is 6.14. The highest BCUT2D eigenvalue weighted by Crippen LogP contribution is 2.46. The van der Waals surface area contributed by atoms with Crippen molar-refractivity contribution in [2.45, 2.75) is 72.3 Å². The first-order chi connectivity index (χ1) is 10.8. The van der Waals surface area contributed by atoms with Crippen molar-refractivity contribution in [3.8, 4) is 0 Å². The van der Waals surface area contributed by atoms with Crippen LogP contribution in [0.5, 0.6) is 0 Å². The highest BCUT2D eigenvalue weighted by atomic mass is 14.6. The Morgan fingerprint density at radius 2 is 1.96 bits per heavy atom. The van der Waals surface area contributed by atoms with Crippen molar-refractivity contribution >= 4 is 0 Å². The third-order valence-corrected chi connectivity index (χ3v) is 6.21. The first kappa shape index (κ1) is 20.0. The molecule has 1 heteroatoms. The third kappa shape index (κ3) is 5.49.